The van der Waals surface area contributed by atoms with Crippen molar-refractivity contribution >= 4 is 12.6 Å². The summed E-state index contributed by atoms with van der Waals surface area (Å²) in [6.45, 7) is 7.01. The third-order valence-electron chi connectivity index (χ3n) is 4.11. The van der Waals surface area contributed by atoms with Crippen molar-refractivity contribution in [3.63, 3.8) is 0 Å². The molecular weight excluding hydrogens is 303 g/mol. The molecule has 0 unspecified atom stereocenters. The highest BCUT2D eigenvalue weighted by molar-refractivity contribution is 6.63. The Labute approximate surface area is 126 Å². The lowest BCUT2D eigenvalue weighted by molar-refractivity contribution is -0.137. The number of halogens is 4. The van der Waals surface area contributed by atoms with E-state index < -0.39 is 35.9 Å². The van der Waals surface area contributed by atoms with Crippen molar-refractivity contribution in [2.75, 3.05) is 7.11 Å². The van der Waals surface area contributed by atoms with Gasteiger partial charge in [-0.15, -0.1) is 0 Å². The molecule has 1 aliphatic heterocycles. The van der Waals surface area contributed by atoms with E-state index in [4.69, 9.17) is 14.0 Å². The van der Waals surface area contributed by atoms with Crippen molar-refractivity contribution in [1.82, 2.24) is 0 Å². The van der Waals surface area contributed by atoms with Crippen molar-refractivity contribution in [2.24, 2.45) is 0 Å². The molecule has 1 heterocycles. The van der Waals surface area contributed by atoms with Gasteiger partial charge < -0.3 is 14.0 Å². The maximum atomic E-state index is 13.9. The second-order valence-corrected chi connectivity index (χ2v) is 6.17. The number of benzene rings is 1. The van der Waals surface area contributed by atoms with Gasteiger partial charge in [0, 0.05) is 5.46 Å². The molecule has 0 radical (unpaired) electrons. The van der Waals surface area contributed by atoms with Crippen LogP contribution >= 0.6 is 0 Å². The molecule has 0 atom stereocenters. The molecule has 1 aliphatic rings. The predicted molar refractivity (Wildman–Crippen MR) is 73.7 cm³/mol. The first-order valence-corrected chi connectivity index (χ1v) is 6.69. The number of alkyl halides is 3. The van der Waals surface area contributed by atoms with Crippen molar-refractivity contribution in [2.45, 2.75) is 45.1 Å². The zero-order chi connectivity index (χ0) is 16.9. The van der Waals surface area contributed by atoms with Crippen LogP contribution < -0.4 is 10.2 Å². The van der Waals surface area contributed by atoms with Crippen molar-refractivity contribution in [3.8, 4) is 5.75 Å². The molecule has 0 aromatic heterocycles. The zero-order valence-corrected chi connectivity index (χ0v) is 13.0. The number of hydrogen-bond acceptors (Lipinski definition) is 3. The first-order valence-electron chi connectivity index (χ1n) is 6.69. The molecule has 1 aromatic carbocycles. The molecule has 122 valence electrons. The largest absolute Gasteiger partial charge is 0.498 e. The lowest BCUT2D eigenvalue weighted by atomic mass is 9.77. The lowest BCUT2D eigenvalue weighted by Crippen LogP contribution is -2.41. The van der Waals surface area contributed by atoms with Crippen LogP contribution in [0.5, 0.6) is 5.75 Å². The van der Waals surface area contributed by atoms with Gasteiger partial charge in [-0.2, -0.15) is 13.2 Å². The van der Waals surface area contributed by atoms with Gasteiger partial charge in [-0.1, -0.05) is 0 Å². The summed E-state index contributed by atoms with van der Waals surface area (Å²) < 4.78 is 68.8. The van der Waals surface area contributed by atoms with Crippen LogP contribution in [0.25, 0.3) is 0 Å². The summed E-state index contributed by atoms with van der Waals surface area (Å²) in [6.07, 6.45) is -4.68. The molecule has 8 heteroatoms. The molecule has 3 nitrogen and oxygen atoms in total. The van der Waals surface area contributed by atoms with E-state index in [-0.39, 0.29) is 11.2 Å². The van der Waals surface area contributed by atoms with Gasteiger partial charge in [0.05, 0.1) is 23.9 Å². The fourth-order valence-electron chi connectivity index (χ4n) is 2.14. The standard InChI is InChI=1S/C14H17BF4O3/c1-12(2)13(3,4)22-15(21-12)9-6-8(14(17,18)19)7-10(16)11(9)20-5/h6-7H,1-5H3. The zero-order valence-electron chi connectivity index (χ0n) is 13.0. The minimum Gasteiger partial charge on any atom is -0.494 e. The van der Waals surface area contributed by atoms with E-state index in [1.807, 2.05) is 0 Å². The second kappa shape index (κ2) is 5.13. The third-order valence-corrected chi connectivity index (χ3v) is 4.11. The second-order valence-electron chi connectivity index (χ2n) is 6.17. The average molecular weight is 320 g/mol. The summed E-state index contributed by atoms with van der Waals surface area (Å²) in [5.41, 5.74) is -2.75. The number of hydrogen-bond donors (Lipinski definition) is 0. The van der Waals surface area contributed by atoms with Crippen LogP contribution in [0.15, 0.2) is 12.1 Å². The average Bonchev–Trinajstić information content (AvgIpc) is 2.56. The molecule has 0 amide bonds. The van der Waals surface area contributed by atoms with Crippen LogP contribution in [-0.2, 0) is 15.5 Å². The molecule has 0 aliphatic carbocycles. The Balaban J connectivity index is 2.53. The minimum atomic E-state index is -4.68. The van der Waals surface area contributed by atoms with Crippen molar-refractivity contribution in [1.29, 1.82) is 0 Å². The highest BCUT2D eigenvalue weighted by Gasteiger charge is 2.53. The molecule has 2 rings (SSSR count). The van der Waals surface area contributed by atoms with E-state index in [2.05, 4.69) is 0 Å². The van der Waals surface area contributed by atoms with Crippen LogP contribution in [0, 0.1) is 5.82 Å². The van der Waals surface area contributed by atoms with Gasteiger partial charge in [0.25, 0.3) is 0 Å². The van der Waals surface area contributed by atoms with Gasteiger partial charge in [-0.25, -0.2) is 4.39 Å². The molecule has 0 saturated carbocycles. The smallest absolute Gasteiger partial charge is 0.494 e. The maximum Gasteiger partial charge on any atom is 0.498 e. The van der Waals surface area contributed by atoms with Crippen LogP contribution in [-0.4, -0.2) is 25.4 Å². The fraction of sp³-hybridized carbons (Fsp3) is 0.571. The highest BCUT2D eigenvalue weighted by atomic mass is 19.4. The summed E-state index contributed by atoms with van der Waals surface area (Å²) in [4.78, 5) is 0. The normalized spacial score (nSPS) is 20.3. The Morgan fingerprint density at radius 3 is 1.95 bits per heavy atom. The predicted octanol–water partition coefficient (Wildman–Crippen LogP) is 3.15. The number of ether oxygens (including phenoxy) is 1. The van der Waals surface area contributed by atoms with Crippen LogP contribution in [0.1, 0.15) is 33.3 Å². The topological polar surface area (TPSA) is 27.7 Å². The Kier molecular flexibility index (Phi) is 3.98. The molecule has 0 bridgehead atoms. The van der Waals surface area contributed by atoms with E-state index in [1.54, 1.807) is 27.7 Å². The van der Waals surface area contributed by atoms with Crippen molar-refractivity contribution < 1.29 is 31.6 Å². The Morgan fingerprint density at radius 1 is 1.05 bits per heavy atom. The molecular formula is C14H17BF4O3. The quantitative estimate of drug-likeness (QED) is 0.619. The number of methoxy groups -OCH3 is 1. The van der Waals surface area contributed by atoms with Crippen LogP contribution in [0.2, 0.25) is 0 Å². The molecule has 1 saturated heterocycles. The minimum absolute atomic E-state index is 0.117. The van der Waals surface area contributed by atoms with Crippen molar-refractivity contribution in [3.05, 3.63) is 23.5 Å². The summed E-state index contributed by atoms with van der Waals surface area (Å²) in [7, 11) is 0.0391. The summed E-state index contributed by atoms with van der Waals surface area (Å²) in [5, 5.41) is 0. The third kappa shape index (κ3) is 2.81. The van der Waals surface area contributed by atoms with Gasteiger partial charge in [0.15, 0.2) is 11.6 Å². The molecule has 0 spiro atoms. The lowest BCUT2D eigenvalue weighted by Gasteiger charge is -2.32. The van der Waals surface area contributed by atoms with E-state index in [1.165, 1.54) is 7.11 Å². The Bertz CT molecular complexity index is 568. The van der Waals surface area contributed by atoms with E-state index >= 15 is 0 Å². The SMILES string of the molecule is COc1c(F)cc(C(F)(F)F)cc1B1OC(C)(C)C(C)(C)O1. The van der Waals surface area contributed by atoms with Gasteiger partial charge in [0.2, 0.25) is 0 Å². The molecule has 1 aromatic rings. The Morgan fingerprint density at radius 2 is 1.55 bits per heavy atom. The molecule has 1 fully saturated rings. The van der Waals surface area contributed by atoms with Crippen LogP contribution in [0.3, 0.4) is 0 Å². The van der Waals surface area contributed by atoms with E-state index in [9.17, 15) is 17.6 Å². The van der Waals surface area contributed by atoms with Gasteiger partial charge in [-0.3, -0.25) is 0 Å². The molecule has 0 N–H and O–H groups in total. The summed E-state index contributed by atoms with van der Waals surface area (Å²) >= 11 is 0. The van der Waals surface area contributed by atoms with Gasteiger partial charge in [-0.05, 0) is 39.8 Å². The first kappa shape index (κ1) is 17.1. The summed E-state index contributed by atoms with van der Waals surface area (Å²) in [5.74, 6) is -1.42. The Hall–Kier alpha value is -1.28. The summed E-state index contributed by atoms with van der Waals surface area (Å²) in [6, 6.07) is 1.19. The fourth-order valence-corrected chi connectivity index (χ4v) is 2.14. The maximum absolute atomic E-state index is 13.9. The number of rotatable bonds is 2. The van der Waals surface area contributed by atoms with Crippen LogP contribution in [0.4, 0.5) is 17.6 Å². The molecule has 22 heavy (non-hydrogen) atoms. The monoisotopic (exact) mass is 320 g/mol. The van der Waals surface area contributed by atoms with E-state index in [0.717, 1.165) is 6.07 Å². The van der Waals surface area contributed by atoms with E-state index in [0.29, 0.717) is 6.07 Å². The van der Waals surface area contributed by atoms with Gasteiger partial charge >= 0.3 is 13.3 Å². The first-order chi connectivity index (χ1) is 9.89. The van der Waals surface area contributed by atoms with Gasteiger partial charge in [0.1, 0.15) is 0 Å². The highest BCUT2D eigenvalue weighted by Crippen LogP contribution is 2.38.